The topological polar surface area (TPSA) is 41.6 Å². The molecule has 1 heterocycles. The van der Waals surface area contributed by atoms with E-state index in [0.717, 1.165) is 32.7 Å². The highest BCUT2D eigenvalue weighted by molar-refractivity contribution is 5.81. The van der Waals surface area contributed by atoms with Crippen molar-refractivity contribution in [3.63, 3.8) is 0 Å². The minimum atomic E-state index is -0.245. The van der Waals surface area contributed by atoms with Crippen molar-refractivity contribution in [1.82, 2.24) is 10.2 Å². The van der Waals surface area contributed by atoms with Crippen molar-refractivity contribution in [2.45, 2.75) is 13.3 Å². The van der Waals surface area contributed by atoms with E-state index in [2.05, 4.69) is 10.2 Å². The highest BCUT2D eigenvalue weighted by Gasteiger charge is 2.06. The monoisotopic (exact) mass is 212 g/mol. The number of carbonyl (C=O) groups excluding carboxylic acids is 1. The van der Waals surface area contributed by atoms with E-state index in [0.29, 0.717) is 6.61 Å². The van der Waals surface area contributed by atoms with Crippen LogP contribution in [0, 0.1) is 0 Å². The van der Waals surface area contributed by atoms with E-state index in [4.69, 9.17) is 4.74 Å². The van der Waals surface area contributed by atoms with Crippen LogP contribution in [-0.2, 0) is 9.53 Å². The van der Waals surface area contributed by atoms with E-state index in [1.165, 1.54) is 12.5 Å². The molecule has 1 aliphatic rings. The summed E-state index contributed by atoms with van der Waals surface area (Å²) in [6.07, 6.45) is 4.57. The highest BCUT2D eigenvalue weighted by atomic mass is 16.5. The van der Waals surface area contributed by atoms with E-state index in [9.17, 15) is 4.79 Å². The van der Waals surface area contributed by atoms with Crippen LogP contribution < -0.4 is 5.32 Å². The third-order valence-electron chi connectivity index (χ3n) is 2.34. The number of nitrogens with zero attached hydrogens (tertiary/aromatic N) is 1. The van der Waals surface area contributed by atoms with Gasteiger partial charge in [0.25, 0.3) is 0 Å². The van der Waals surface area contributed by atoms with Crippen molar-refractivity contribution >= 4 is 5.97 Å². The van der Waals surface area contributed by atoms with Gasteiger partial charge in [-0.1, -0.05) is 6.08 Å². The zero-order valence-electron chi connectivity index (χ0n) is 9.37. The Balaban J connectivity index is 2.19. The number of hydrogen-bond donors (Lipinski definition) is 1. The van der Waals surface area contributed by atoms with Crippen molar-refractivity contribution in [3.8, 4) is 0 Å². The molecule has 1 fully saturated rings. The maximum absolute atomic E-state index is 11.0. The summed E-state index contributed by atoms with van der Waals surface area (Å²) >= 11 is 0. The number of esters is 1. The Morgan fingerprint density at radius 3 is 3.13 bits per heavy atom. The third kappa shape index (κ3) is 5.54. The summed E-state index contributed by atoms with van der Waals surface area (Å²) < 4.78 is 4.80. The summed E-state index contributed by atoms with van der Waals surface area (Å²) in [5.41, 5.74) is 0. The average molecular weight is 212 g/mol. The molecule has 0 aliphatic carbocycles. The van der Waals surface area contributed by atoms with E-state index < -0.39 is 0 Å². The van der Waals surface area contributed by atoms with E-state index >= 15 is 0 Å². The van der Waals surface area contributed by atoms with Gasteiger partial charge in [0, 0.05) is 25.7 Å². The molecule has 0 spiro atoms. The van der Waals surface area contributed by atoms with Crippen LogP contribution in [0.4, 0.5) is 0 Å². The van der Waals surface area contributed by atoms with Gasteiger partial charge in [-0.2, -0.15) is 0 Å². The first-order chi connectivity index (χ1) is 7.33. The van der Waals surface area contributed by atoms with Crippen LogP contribution in [0.5, 0.6) is 0 Å². The van der Waals surface area contributed by atoms with Crippen LogP contribution in [-0.4, -0.2) is 50.2 Å². The van der Waals surface area contributed by atoms with Gasteiger partial charge >= 0.3 is 5.97 Å². The van der Waals surface area contributed by atoms with Gasteiger partial charge in [-0.05, 0) is 26.4 Å². The van der Waals surface area contributed by atoms with Crippen LogP contribution in [0.1, 0.15) is 13.3 Å². The molecule has 4 heteroatoms. The number of ether oxygens (including phenoxy) is 1. The lowest BCUT2D eigenvalue weighted by molar-refractivity contribution is -0.137. The van der Waals surface area contributed by atoms with Gasteiger partial charge in [0.2, 0.25) is 0 Å². The molecular formula is C11H20N2O2. The molecule has 1 rings (SSSR count). The Kier molecular flexibility index (Phi) is 6.04. The van der Waals surface area contributed by atoms with Gasteiger partial charge in [-0.3, -0.25) is 4.90 Å². The van der Waals surface area contributed by atoms with Crippen molar-refractivity contribution in [1.29, 1.82) is 0 Å². The second kappa shape index (κ2) is 7.43. The van der Waals surface area contributed by atoms with Crippen LogP contribution in [0.3, 0.4) is 0 Å². The molecular weight excluding hydrogens is 192 g/mol. The Morgan fingerprint density at radius 2 is 2.33 bits per heavy atom. The fraction of sp³-hybridized carbons (Fsp3) is 0.727. The molecule has 0 radical (unpaired) electrons. The summed E-state index contributed by atoms with van der Waals surface area (Å²) in [6.45, 7) is 7.36. The Hall–Kier alpha value is -0.870. The smallest absolute Gasteiger partial charge is 0.330 e. The van der Waals surface area contributed by atoms with Crippen LogP contribution >= 0.6 is 0 Å². The molecule has 1 saturated heterocycles. The molecule has 0 saturated carbocycles. The van der Waals surface area contributed by atoms with Crippen LogP contribution in [0.15, 0.2) is 12.2 Å². The highest BCUT2D eigenvalue weighted by Crippen LogP contribution is 1.95. The second-order valence-electron chi connectivity index (χ2n) is 3.56. The van der Waals surface area contributed by atoms with Crippen molar-refractivity contribution in [2.24, 2.45) is 0 Å². The SMILES string of the molecule is CCOC(=O)/C=C/CN1CCCNCC1. The zero-order chi connectivity index (χ0) is 10.9. The lowest BCUT2D eigenvalue weighted by Crippen LogP contribution is -2.28. The molecule has 0 amide bonds. The van der Waals surface area contributed by atoms with Crippen LogP contribution in [0.2, 0.25) is 0 Å². The molecule has 0 aromatic heterocycles. The number of nitrogens with one attached hydrogen (secondary N) is 1. The minimum absolute atomic E-state index is 0.245. The summed E-state index contributed by atoms with van der Waals surface area (Å²) in [7, 11) is 0. The molecule has 0 bridgehead atoms. The van der Waals surface area contributed by atoms with Crippen LogP contribution in [0.25, 0.3) is 0 Å². The van der Waals surface area contributed by atoms with Gasteiger partial charge in [0.15, 0.2) is 0 Å². The summed E-state index contributed by atoms with van der Waals surface area (Å²) in [6, 6.07) is 0. The molecule has 0 atom stereocenters. The standard InChI is InChI=1S/C11H20N2O2/c1-2-15-11(14)5-3-8-13-9-4-6-12-7-10-13/h3,5,12H,2,4,6-10H2,1H3/b5-3+. The van der Waals surface area contributed by atoms with E-state index in [1.54, 1.807) is 0 Å². The first-order valence-corrected chi connectivity index (χ1v) is 5.59. The Morgan fingerprint density at radius 1 is 1.47 bits per heavy atom. The maximum Gasteiger partial charge on any atom is 0.330 e. The zero-order valence-corrected chi connectivity index (χ0v) is 9.37. The summed E-state index contributed by atoms with van der Waals surface area (Å²) in [5.74, 6) is -0.245. The second-order valence-corrected chi connectivity index (χ2v) is 3.56. The quantitative estimate of drug-likeness (QED) is 0.541. The maximum atomic E-state index is 11.0. The molecule has 0 aromatic carbocycles. The first kappa shape index (κ1) is 12.2. The van der Waals surface area contributed by atoms with Gasteiger partial charge in [-0.25, -0.2) is 4.79 Å². The molecule has 0 aromatic rings. The largest absolute Gasteiger partial charge is 0.463 e. The average Bonchev–Trinajstić information content (AvgIpc) is 2.47. The molecule has 4 nitrogen and oxygen atoms in total. The fourth-order valence-electron chi connectivity index (χ4n) is 1.57. The normalized spacial score (nSPS) is 19.0. The molecule has 86 valence electrons. The van der Waals surface area contributed by atoms with Crippen molar-refractivity contribution in [3.05, 3.63) is 12.2 Å². The molecule has 1 N–H and O–H groups in total. The minimum Gasteiger partial charge on any atom is -0.463 e. The van der Waals surface area contributed by atoms with Crippen molar-refractivity contribution < 1.29 is 9.53 Å². The predicted octanol–water partition coefficient (Wildman–Crippen LogP) is 0.401. The Labute approximate surface area is 91.3 Å². The summed E-state index contributed by atoms with van der Waals surface area (Å²) in [4.78, 5) is 13.3. The third-order valence-corrected chi connectivity index (χ3v) is 2.34. The first-order valence-electron chi connectivity index (χ1n) is 5.59. The van der Waals surface area contributed by atoms with Gasteiger partial charge < -0.3 is 10.1 Å². The molecule has 0 unspecified atom stereocenters. The van der Waals surface area contributed by atoms with E-state index in [1.807, 2.05) is 13.0 Å². The lowest BCUT2D eigenvalue weighted by Gasteiger charge is -2.16. The summed E-state index contributed by atoms with van der Waals surface area (Å²) in [5, 5.41) is 3.34. The molecule has 15 heavy (non-hydrogen) atoms. The molecule has 1 aliphatic heterocycles. The number of carbonyl (C=O) groups is 1. The van der Waals surface area contributed by atoms with Gasteiger partial charge in [0.05, 0.1) is 6.61 Å². The van der Waals surface area contributed by atoms with Crippen molar-refractivity contribution in [2.75, 3.05) is 39.3 Å². The van der Waals surface area contributed by atoms with Gasteiger partial charge in [-0.15, -0.1) is 0 Å². The predicted molar refractivity (Wildman–Crippen MR) is 59.7 cm³/mol. The number of rotatable bonds is 4. The van der Waals surface area contributed by atoms with Gasteiger partial charge in [0.1, 0.15) is 0 Å². The number of hydrogen-bond acceptors (Lipinski definition) is 4. The lowest BCUT2D eigenvalue weighted by atomic mass is 10.3. The fourth-order valence-corrected chi connectivity index (χ4v) is 1.57. The van der Waals surface area contributed by atoms with E-state index in [-0.39, 0.29) is 5.97 Å². The Bertz CT molecular complexity index is 209.